The van der Waals surface area contributed by atoms with E-state index in [9.17, 15) is 4.79 Å². The standard InChI is InChI=1S/C29H31N3O3/c33-28-25-9-4-5-10-26(25)31-29(30-15-6-16-32-17-19-34-20-18-32)27(28)23-11-13-24(14-12-23)35-21-22-7-2-1-3-8-22/h1-5,7-14,27H,6,15-21H2,(H,30,31). The largest absolute Gasteiger partial charge is 0.489 e. The number of amidine groups is 1. The van der Waals surface area contributed by atoms with E-state index in [4.69, 9.17) is 14.5 Å². The molecule has 1 unspecified atom stereocenters. The molecule has 5 rings (SSSR count). The van der Waals surface area contributed by atoms with Crippen LogP contribution in [0.1, 0.15) is 33.8 Å². The van der Waals surface area contributed by atoms with Crippen molar-refractivity contribution in [2.45, 2.75) is 18.9 Å². The molecule has 2 aliphatic heterocycles. The van der Waals surface area contributed by atoms with E-state index in [1.165, 1.54) is 0 Å². The fraction of sp³-hybridized carbons (Fsp3) is 0.310. The van der Waals surface area contributed by atoms with E-state index in [0.717, 1.165) is 61.8 Å². The van der Waals surface area contributed by atoms with Crippen molar-refractivity contribution in [3.63, 3.8) is 0 Å². The number of ether oxygens (including phenoxy) is 2. The molecule has 35 heavy (non-hydrogen) atoms. The van der Waals surface area contributed by atoms with Gasteiger partial charge in [0.2, 0.25) is 0 Å². The summed E-state index contributed by atoms with van der Waals surface area (Å²) in [5.74, 6) is 1.12. The number of para-hydroxylation sites is 1. The Kier molecular flexibility index (Phi) is 7.51. The molecule has 1 atom stereocenters. The summed E-state index contributed by atoms with van der Waals surface area (Å²) < 4.78 is 11.4. The van der Waals surface area contributed by atoms with E-state index >= 15 is 0 Å². The topological polar surface area (TPSA) is 63.2 Å². The van der Waals surface area contributed by atoms with E-state index < -0.39 is 5.92 Å². The highest BCUT2D eigenvalue weighted by Gasteiger charge is 2.33. The first kappa shape index (κ1) is 23.3. The summed E-state index contributed by atoms with van der Waals surface area (Å²) in [7, 11) is 0. The minimum absolute atomic E-state index is 0.0734. The Morgan fingerprint density at radius 3 is 2.49 bits per heavy atom. The highest BCUT2D eigenvalue weighted by molar-refractivity contribution is 6.25. The zero-order chi connectivity index (χ0) is 23.9. The fourth-order valence-electron chi connectivity index (χ4n) is 4.55. The van der Waals surface area contributed by atoms with Crippen molar-refractivity contribution in [1.82, 2.24) is 4.90 Å². The molecule has 3 aromatic rings. The van der Waals surface area contributed by atoms with Crippen LogP contribution in [0.2, 0.25) is 0 Å². The number of ketones is 1. The maximum absolute atomic E-state index is 13.5. The van der Waals surface area contributed by atoms with Crippen molar-refractivity contribution in [2.75, 3.05) is 44.7 Å². The number of carbonyl (C=O) groups excluding carboxylic acids is 1. The number of nitrogens with one attached hydrogen (secondary N) is 1. The number of morpholine rings is 1. The van der Waals surface area contributed by atoms with Gasteiger partial charge in [0, 0.05) is 31.7 Å². The lowest BCUT2D eigenvalue weighted by Gasteiger charge is -2.28. The quantitative estimate of drug-likeness (QED) is 0.481. The van der Waals surface area contributed by atoms with Gasteiger partial charge in [-0.2, -0.15) is 0 Å². The maximum Gasteiger partial charge on any atom is 0.179 e. The van der Waals surface area contributed by atoms with E-state index in [0.29, 0.717) is 24.6 Å². The average Bonchev–Trinajstić information content (AvgIpc) is 2.92. The average molecular weight is 470 g/mol. The Bertz CT molecular complexity index is 1160. The molecular formula is C29H31N3O3. The number of rotatable bonds is 8. The van der Waals surface area contributed by atoms with E-state index in [-0.39, 0.29) is 5.78 Å². The van der Waals surface area contributed by atoms with Crippen LogP contribution in [0.25, 0.3) is 0 Å². The molecule has 0 aromatic heterocycles. The van der Waals surface area contributed by atoms with E-state index in [1.54, 1.807) is 0 Å². The van der Waals surface area contributed by atoms with Crippen molar-refractivity contribution in [3.8, 4) is 5.75 Å². The Morgan fingerprint density at radius 2 is 1.69 bits per heavy atom. The SMILES string of the molecule is O=C1c2ccccc2NC(=NCCCN2CCOCC2)C1c1ccc(OCc2ccccc2)cc1. The van der Waals surface area contributed by atoms with Gasteiger partial charge < -0.3 is 14.8 Å². The number of hydrogen-bond donors (Lipinski definition) is 1. The van der Waals surface area contributed by atoms with Crippen molar-refractivity contribution in [2.24, 2.45) is 4.99 Å². The summed E-state index contributed by atoms with van der Waals surface area (Å²) in [5, 5.41) is 3.44. The van der Waals surface area contributed by atoms with Gasteiger partial charge in [-0.1, -0.05) is 54.6 Å². The van der Waals surface area contributed by atoms with E-state index in [1.807, 2.05) is 78.9 Å². The number of aliphatic imine (C=N–C) groups is 1. The number of Topliss-reactive ketones (excluding diaryl/α,β-unsaturated/α-hetero) is 1. The molecule has 0 radical (unpaired) electrons. The third kappa shape index (κ3) is 5.78. The molecule has 1 N–H and O–H groups in total. The van der Waals surface area contributed by atoms with Gasteiger partial charge >= 0.3 is 0 Å². The summed E-state index contributed by atoms with van der Waals surface area (Å²) >= 11 is 0. The van der Waals surface area contributed by atoms with Crippen LogP contribution in [-0.4, -0.2) is 55.9 Å². The van der Waals surface area contributed by atoms with Crippen LogP contribution in [0.3, 0.4) is 0 Å². The van der Waals surface area contributed by atoms with Gasteiger partial charge in [0.15, 0.2) is 5.78 Å². The molecule has 1 fully saturated rings. The van der Waals surface area contributed by atoms with E-state index in [2.05, 4.69) is 10.2 Å². The lowest BCUT2D eigenvalue weighted by atomic mass is 9.85. The second-order valence-electron chi connectivity index (χ2n) is 8.89. The number of nitrogens with zero attached hydrogens (tertiary/aromatic N) is 2. The molecule has 180 valence electrons. The Labute approximate surface area is 206 Å². The molecule has 3 aromatic carbocycles. The van der Waals surface area contributed by atoms with Crippen LogP contribution in [0.5, 0.6) is 5.75 Å². The Morgan fingerprint density at radius 1 is 0.943 bits per heavy atom. The number of hydrogen-bond acceptors (Lipinski definition) is 5. The molecule has 0 saturated carbocycles. The first-order valence-corrected chi connectivity index (χ1v) is 12.3. The minimum Gasteiger partial charge on any atom is -0.489 e. The predicted octanol–water partition coefficient (Wildman–Crippen LogP) is 4.78. The molecule has 0 aliphatic carbocycles. The van der Waals surface area contributed by atoms with Crippen molar-refractivity contribution >= 4 is 17.3 Å². The van der Waals surface area contributed by atoms with Crippen molar-refractivity contribution < 1.29 is 14.3 Å². The van der Waals surface area contributed by atoms with Crippen LogP contribution in [0, 0.1) is 0 Å². The Hall–Kier alpha value is -3.48. The second kappa shape index (κ2) is 11.3. The molecule has 6 heteroatoms. The molecular weight excluding hydrogens is 438 g/mol. The van der Waals surface area contributed by atoms with Gasteiger partial charge in [-0.25, -0.2) is 0 Å². The van der Waals surface area contributed by atoms with Crippen LogP contribution in [0.15, 0.2) is 83.9 Å². The zero-order valence-electron chi connectivity index (χ0n) is 19.9. The summed E-state index contributed by atoms with van der Waals surface area (Å²) in [4.78, 5) is 20.8. The van der Waals surface area contributed by atoms with Crippen molar-refractivity contribution in [1.29, 1.82) is 0 Å². The van der Waals surface area contributed by atoms with Crippen LogP contribution in [-0.2, 0) is 11.3 Å². The summed E-state index contributed by atoms with van der Waals surface area (Å²) in [6, 6.07) is 25.6. The monoisotopic (exact) mass is 469 g/mol. The van der Waals surface area contributed by atoms with Crippen LogP contribution >= 0.6 is 0 Å². The molecule has 1 saturated heterocycles. The molecule has 0 spiro atoms. The number of fused-ring (bicyclic) bond motifs is 1. The van der Waals surface area contributed by atoms with Crippen molar-refractivity contribution in [3.05, 3.63) is 95.6 Å². The minimum atomic E-state index is -0.448. The highest BCUT2D eigenvalue weighted by atomic mass is 16.5. The summed E-state index contributed by atoms with van der Waals surface area (Å²) in [6.45, 7) is 5.72. The number of anilines is 1. The molecule has 0 bridgehead atoms. The van der Waals surface area contributed by atoms with Crippen LogP contribution < -0.4 is 10.1 Å². The van der Waals surface area contributed by atoms with Gasteiger partial charge in [0.25, 0.3) is 0 Å². The summed E-state index contributed by atoms with van der Waals surface area (Å²) in [6.07, 6.45) is 0.944. The smallest absolute Gasteiger partial charge is 0.179 e. The van der Waals surface area contributed by atoms with Gasteiger partial charge in [0.05, 0.1) is 18.9 Å². The second-order valence-corrected chi connectivity index (χ2v) is 8.89. The number of carbonyl (C=O) groups is 1. The lowest BCUT2D eigenvalue weighted by Crippen LogP contribution is -2.37. The molecule has 2 heterocycles. The summed E-state index contributed by atoms with van der Waals surface area (Å²) in [5.41, 5.74) is 3.56. The number of benzene rings is 3. The normalized spacial score (nSPS) is 19.3. The first-order valence-electron chi connectivity index (χ1n) is 12.3. The third-order valence-electron chi connectivity index (χ3n) is 6.47. The van der Waals surface area contributed by atoms with Gasteiger partial charge in [-0.15, -0.1) is 0 Å². The molecule has 6 nitrogen and oxygen atoms in total. The first-order chi connectivity index (χ1) is 17.3. The Balaban J connectivity index is 1.30. The predicted molar refractivity (Wildman–Crippen MR) is 139 cm³/mol. The van der Waals surface area contributed by atoms with Gasteiger partial charge in [-0.05, 0) is 41.8 Å². The molecule has 0 amide bonds. The van der Waals surface area contributed by atoms with Gasteiger partial charge in [-0.3, -0.25) is 14.7 Å². The van der Waals surface area contributed by atoms with Gasteiger partial charge in [0.1, 0.15) is 24.1 Å². The van der Waals surface area contributed by atoms with Crippen LogP contribution in [0.4, 0.5) is 5.69 Å². The fourth-order valence-corrected chi connectivity index (χ4v) is 4.55. The lowest BCUT2D eigenvalue weighted by molar-refractivity contribution is 0.0377. The maximum atomic E-state index is 13.5. The molecule has 2 aliphatic rings. The third-order valence-corrected chi connectivity index (χ3v) is 6.47. The zero-order valence-corrected chi connectivity index (χ0v) is 19.9. The highest BCUT2D eigenvalue weighted by Crippen LogP contribution is 2.33.